The SMILES string of the molecule is CCCCCCCCCC(C)NCC(C)C. The van der Waals surface area contributed by atoms with E-state index in [4.69, 9.17) is 0 Å². The topological polar surface area (TPSA) is 12.0 Å². The average molecular weight is 227 g/mol. The molecule has 1 N–H and O–H groups in total. The molecule has 1 heteroatoms. The van der Waals surface area contributed by atoms with Gasteiger partial charge in [0.05, 0.1) is 0 Å². The number of rotatable bonds is 11. The van der Waals surface area contributed by atoms with Gasteiger partial charge in [0.15, 0.2) is 0 Å². The molecule has 0 radical (unpaired) electrons. The van der Waals surface area contributed by atoms with Crippen LogP contribution in [0.15, 0.2) is 0 Å². The number of hydrogen-bond donors (Lipinski definition) is 1. The van der Waals surface area contributed by atoms with Crippen LogP contribution in [0.5, 0.6) is 0 Å². The van der Waals surface area contributed by atoms with E-state index in [0.717, 1.165) is 12.5 Å². The van der Waals surface area contributed by atoms with E-state index in [0.29, 0.717) is 6.04 Å². The fraction of sp³-hybridized carbons (Fsp3) is 1.00. The van der Waals surface area contributed by atoms with Gasteiger partial charge in [-0.3, -0.25) is 0 Å². The van der Waals surface area contributed by atoms with Gasteiger partial charge in [-0.15, -0.1) is 0 Å². The molecule has 0 aromatic heterocycles. The second-order valence-electron chi connectivity index (χ2n) is 5.61. The highest BCUT2D eigenvalue weighted by molar-refractivity contribution is 4.62. The third-order valence-electron chi connectivity index (χ3n) is 3.12. The molecule has 1 unspecified atom stereocenters. The zero-order chi connectivity index (χ0) is 12.2. The Hall–Kier alpha value is -0.0400. The van der Waals surface area contributed by atoms with Gasteiger partial charge < -0.3 is 5.32 Å². The lowest BCUT2D eigenvalue weighted by Crippen LogP contribution is -2.29. The van der Waals surface area contributed by atoms with Crippen molar-refractivity contribution in [3.05, 3.63) is 0 Å². The van der Waals surface area contributed by atoms with Crippen molar-refractivity contribution in [3.63, 3.8) is 0 Å². The zero-order valence-corrected chi connectivity index (χ0v) is 12.0. The fourth-order valence-electron chi connectivity index (χ4n) is 1.95. The van der Waals surface area contributed by atoms with E-state index in [9.17, 15) is 0 Å². The monoisotopic (exact) mass is 227 g/mol. The number of hydrogen-bond acceptors (Lipinski definition) is 1. The van der Waals surface area contributed by atoms with Gasteiger partial charge in [-0.2, -0.15) is 0 Å². The molecule has 0 aromatic rings. The van der Waals surface area contributed by atoms with Crippen molar-refractivity contribution in [2.45, 2.75) is 85.1 Å². The summed E-state index contributed by atoms with van der Waals surface area (Å²) in [6.07, 6.45) is 11.3. The van der Waals surface area contributed by atoms with Gasteiger partial charge in [0, 0.05) is 6.04 Å². The molecular formula is C15H33N. The van der Waals surface area contributed by atoms with E-state index >= 15 is 0 Å². The highest BCUT2D eigenvalue weighted by Gasteiger charge is 2.01. The van der Waals surface area contributed by atoms with Crippen LogP contribution in [0.25, 0.3) is 0 Å². The van der Waals surface area contributed by atoms with Gasteiger partial charge in [-0.25, -0.2) is 0 Å². The zero-order valence-electron chi connectivity index (χ0n) is 12.0. The molecule has 0 bridgehead atoms. The Bertz CT molecular complexity index is 131. The van der Waals surface area contributed by atoms with E-state index in [2.05, 4.69) is 33.0 Å². The summed E-state index contributed by atoms with van der Waals surface area (Å²) < 4.78 is 0. The maximum absolute atomic E-state index is 3.59. The van der Waals surface area contributed by atoms with Crippen LogP contribution in [0, 0.1) is 5.92 Å². The van der Waals surface area contributed by atoms with Crippen LogP contribution < -0.4 is 5.32 Å². The van der Waals surface area contributed by atoms with Gasteiger partial charge in [0.2, 0.25) is 0 Å². The van der Waals surface area contributed by atoms with Crippen LogP contribution in [0.4, 0.5) is 0 Å². The van der Waals surface area contributed by atoms with Crippen molar-refractivity contribution in [3.8, 4) is 0 Å². The van der Waals surface area contributed by atoms with Crippen LogP contribution in [-0.2, 0) is 0 Å². The van der Waals surface area contributed by atoms with Crippen LogP contribution in [-0.4, -0.2) is 12.6 Å². The molecule has 0 heterocycles. The summed E-state index contributed by atoms with van der Waals surface area (Å²) in [7, 11) is 0. The van der Waals surface area contributed by atoms with E-state index in [1.807, 2.05) is 0 Å². The van der Waals surface area contributed by atoms with E-state index in [1.165, 1.54) is 51.4 Å². The van der Waals surface area contributed by atoms with Crippen LogP contribution in [0.2, 0.25) is 0 Å². The second-order valence-corrected chi connectivity index (χ2v) is 5.61. The Balaban J connectivity index is 3.12. The smallest absolute Gasteiger partial charge is 0.00388 e. The Labute approximate surface area is 103 Å². The first-order chi connectivity index (χ1) is 7.66. The molecule has 1 nitrogen and oxygen atoms in total. The molecule has 0 aromatic carbocycles. The molecule has 16 heavy (non-hydrogen) atoms. The summed E-state index contributed by atoms with van der Waals surface area (Å²) in [6, 6.07) is 0.707. The van der Waals surface area contributed by atoms with Crippen LogP contribution in [0.3, 0.4) is 0 Å². The molecule has 1 atom stereocenters. The molecule has 0 aliphatic heterocycles. The molecule has 0 rings (SSSR count). The molecule has 0 fully saturated rings. The van der Waals surface area contributed by atoms with E-state index < -0.39 is 0 Å². The van der Waals surface area contributed by atoms with Crippen molar-refractivity contribution in [2.24, 2.45) is 5.92 Å². The maximum Gasteiger partial charge on any atom is 0.00388 e. The molecular weight excluding hydrogens is 194 g/mol. The first-order valence-electron chi connectivity index (χ1n) is 7.40. The normalized spacial score (nSPS) is 13.3. The van der Waals surface area contributed by atoms with Crippen LogP contribution in [0.1, 0.15) is 79.1 Å². The van der Waals surface area contributed by atoms with Crippen molar-refractivity contribution in [1.82, 2.24) is 5.32 Å². The summed E-state index contributed by atoms with van der Waals surface area (Å²) in [4.78, 5) is 0. The Morgan fingerprint density at radius 2 is 1.38 bits per heavy atom. The highest BCUT2D eigenvalue weighted by Crippen LogP contribution is 2.09. The Morgan fingerprint density at radius 3 is 1.94 bits per heavy atom. The first-order valence-corrected chi connectivity index (χ1v) is 7.40. The third-order valence-corrected chi connectivity index (χ3v) is 3.12. The Morgan fingerprint density at radius 1 is 0.812 bits per heavy atom. The van der Waals surface area contributed by atoms with Crippen molar-refractivity contribution >= 4 is 0 Å². The van der Waals surface area contributed by atoms with Crippen molar-refractivity contribution in [1.29, 1.82) is 0 Å². The lowest BCUT2D eigenvalue weighted by Gasteiger charge is -2.15. The second kappa shape index (κ2) is 11.4. The molecule has 98 valence electrons. The molecule has 0 aliphatic carbocycles. The predicted molar refractivity (Wildman–Crippen MR) is 74.9 cm³/mol. The van der Waals surface area contributed by atoms with Gasteiger partial charge in [0.25, 0.3) is 0 Å². The number of nitrogens with one attached hydrogen (secondary N) is 1. The van der Waals surface area contributed by atoms with E-state index in [-0.39, 0.29) is 0 Å². The summed E-state index contributed by atoms with van der Waals surface area (Å²) >= 11 is 0. The van der Waals surface area contributed by atoms with E-state index in [1.54, 1.807) is 0 Å². The largest absolute Gasteiger partial charge is 0.314 e. The minimum Gasteiger partial charge on any atom is -0.314 e. The lowest BCUT2D eigenvalue weighted by atomic mass is 10.1. The summed E-state index contributed by atoms with van der Waals surface area (Å²) in [6.45, 7) is 10.3. The third kappa shape index (κ3) is 12.0. The average Bonchev–Trinajstić information content (AvgIpc) is 2.25. The molecule has 0 spiro atoms. The minimum atomic E-state index is 0.707. The predicted octanol–water partition coefficient (Wildman–Crippen LogP) is 4.76. The van der Waals surface area contributed by atoms with Crippen molar-refractivity contribution in [2.75, 3.05) is 6.54 Å². The standard InChI is InChI=1S/C15H33N/c1-5-6-7-8-9-10-11-12-15(4)16-13-14(2)3/h14-16H,5-13H2,1-4H3. The summed E-state index contributed by atoms with van der Waals surface area (Å²) in [5.74, 6) is 0.775. The fourth-order valence-corrected chi connectivity index (χ4v) is 1.95. The van der Waals surface area contributed by atoms with Gasteiger partial charge in [-0.05, 0) is 25.8 Å². The molecule has 0 aliphatic rings. The van der Waals surface area contributed by atoms with Crippen LogP contribution >= 0.6 is 0 Å². The lowest BCUT2D eigenvalue weighted by molar-refractivity contribution is 0.444. The molecule has 0 saturated carbocycles. The molecule has 0 amide bonds. The highest BCUT2D eigenvalue weighted by atomic mass is 14.9. The summed E-state index contributed by atoms with van der Waals surface area (Å²) in [5.41, 5.74) is 0. The quantitative estimate of drug-likeness (QED) is 0.502. The first kappa shape index (κ1) is 16.0. The summed E-state index contributed by atoms with van der Waals surface area (Å²) in [5, 5.41) is 3.59. The Kier molecular flexibility index (Phi) is 11.4. The van der Waals surface area contributed by atoms with Crippen molar-refractivity contribution < 1.29 is 0 Å². The number of unbranched alkanes of at least 4 members (excludes halogenated alkanes) is 6. The van der Waals surface area contributed by atoms with Gasteiger partial charge >= 0.3 is 0 Å². The maximum atomic E-state index is 3.59. The van der Waals surface area contributed by atoms with Gasteiger partial charge in [0.1, 0.15) is 0 Å². The minimum absolute atomic E-state index is 0.707. The molecule has 0 saturated heterocycles. The van der Waals surface area contributed by atoms with Gasteiger partial charge in [-0.1, -0.05) is 65.7 Å².